The summed E-state index contributed by atoms with van der Waals surface area (Å²) in [5.41, 5.74) is 1.77. The number of carbonyl (C=O) groups excluding carboxylic acids is 4. The number of anilines is 1. The molecule has 0 spiro atoms. The van der Waals surface area contributed by atoms with E-state index in [9.17, 15) is 19.2 Å². The lowest BCUT2D eigenvalue weighted by Gasteiger charge is -2.28. The Hall–Kier alpha value is -2.32. The average molecular weight is 575 g/mol. The molecule has 0 N–H and O–H groups in total. The van der Waals surface area contributed by atoms with Gasteiger partial charge in [0.05, 0.1) is 23.1 Å². The fourth-order valence-corrected chi connectivity index (χ4v) is 7.33. The standard InChI is InChI=1S/C25H21Br2NO5/c1-12-6-8-13(9-7-12)18(29)11-33-25(32)14-4-2-3-5-17(14)28-23(30)19-15-10-16(20(19)24(28)31)22(27)21(15)26/h2-9,15-16,19-22H,10-11H2,1H3/t15-,16-,19-,20-,21-,22+/m0/s1. The Bertz CT molecular complexity index is 1130. The molecule has 6 atom stereocenters. The predicted octanol–water partition coefficient (Wildman–Crippen LogP) is 4.32. The second-order valence-corrected chi connectivity index (χ2v) is 11.0. The summed E-state index contributed by atoms with van der Waals surface area (Å²) in [7, 11) is 0. The van der Waals surface area contributed by atoms with Crippen molar-refractivity contribution in [2.75, 3.05) is 11.5 Å². The van der Waals surface area contributed by atoms with Crippen LogP contribution in [-0.2, 0) is 14.3 Å². The van der Waals surface area contributed by atoms with Crippen LogP contribution >= 0.6 is 31.9 Å². The average Bonchev–Trinajstić information content (AvgIpc) is 3.42. The lowest BCUT2D eigenvalue weighted by Crippen LogP contribution is -2.37. The Morgan fingerprint density at radius 3 is 2.12 bits per heavy atom. The molecular formula is C25H21Br2NO5. The van der Waals surface area contributed by atoms with Gasteiger partial charge in [0.25, 0.3) is 0 Å². The van der Waals surface area contributed by atoms with Crippen molar-refractivity contribution in [1.29, 1.82) is 0 Å². The predicted molar refractivity (Wildman–Crippen MR) is 129 cm³/mol. The van der Waals surface area contributed by atoms with E-state index in [0.29, 0.717) is 5.56 Å². The molecule has 2 aliphatic carbocycles. The number of rotatable bonds is 5. The van der Waals surface area contributed by atoms with Crippen molar-refractivity contribution in [2.45, 2.75) is 23.0 Å². The van der Waals surface area contributed by atoms with E-state index in [1.165, 1.54) is 6.07 Å². The van der Waals surface area contributed by atoms with E-state index < -0.39 is 12.6 Å². The normalized spacial score (nSPS) is 30.0. The quantitative estimate of drug-likeness (QED) is 0.230. The van der Waals surface area contributed by atoms with Crippen molar-refractivity contribution >= 4 is 61.1 Å². The summed E-state index contributed by atoms with van der Waals surface area (Å²) in [6, 6.07) is 13.4. The number of nitrogens with zero attached hydrogens (tertiary/aromatic N) is 1. The zero-order valence-electron chi connectivity index (χ0n) is 17.7. The van der Waals surface area contributed by atoms with E-state index in [2.05, 4.69) is 31.9 Å². The van der Waals surface area contributed by atoms with Crippen LogP contribution in [0.5, 0.6) is 0 Å². The minimum Gasteiger partial charge on any atom is -0.454 e. The smallest absolute Gasteiger partial charge is 0.340 e. The van der Waals surface area contributed by atoms with Crippen molar-refractivity contribution in [3.05, 3.63) is 65.2 Å². The fourth-order valence-electron chi connectivity index (χ4n) is 5.46. The van der Waals surface area contributed by atoms with Crippen molar-refractivity contribution in [2.24, 2.45) is 23.7 Å². The molecule has 6 nitrogen and oxygen atoms in total. The number of amides is 2. The number of halogens is 2. The Balaban J connectivity index is 1.37. The first kappa shape index (κ1) is 22.5. The number of imide groups is 1. The van der Waals surface area contributed by atoms with Gasteiger partial charge in [-0.25, -0.2) is 9.69 Å². The molecule has 1 heterocycles. The first-order chi connectivity index (χ1) is 15.8. The summed E-state index contributed by atoms with van der Waals surface area (Å²) >= 11 is 7.36. The maximum Gasteiger partial charge on any atom is 0.340 e. The Morgan fingerprint density at radius 2 is 1.52 bits per heavy atom. The van der Waals surface area contributed by atoms with Crippen LogP contribution in [-0.4, -0.2) is 39.8 Å². The van der Waals surface area contributed by atoms with Crippen LogP contribution in [0.25, 0.3) is 0 Å². The monoisotopic (exact) mass is 573 g/mol. The van der Waals surface area contributed by atoms with Crippen molar-refractivity contribution in [3.63, 3.8) is 0 Å². The molecule has 33 heavy (non-hydrogen) atoms. The van der Waals surface area contributed by atoms with Gasteiger partial charge in [0, 0.05) is 15.2 Å². The van der Waals surface area contributed by atoms with Crippen LogP contribution in [0.3, 0.4) is 0 Å². The van der Waals surface area contributed by atoms with E-state index in [1.54, 1.807) is 30.3 Å². The minimum atomic E-state index is -0.747. The number of ketones is 1. The molecule has 0 unspecified atom stereocenters. The molecule has 170 valence electrons. The highest BCUT2D eigenvalue weighted by atomic mass is 79.9. The molecule has 0 radical (unpaired) electrons. The van der Waals surface area contributed by atoms with E-state index in [1.807, 2.05) is 19.1 Å². The fraction of sp³-hybridized carbons (Fsp3) is 0.360. The number of Topliss-reactive ketones (excluding diaryl/α,β-unsaturated/α-hetero) is 1. The van der Waals surface area contributed by atoms with Gasteiger partial charge in [-0.2, -0.15) is 0 Å². The molecule has 1 saturated heterocycles. The van der Waals surface area contributed by atoms with Gasteiger partial charge in [0.2, 0.25) is 11.8 Å². The Kier molecular flexibility index (Phi) is 5.77. The highest BCUT2D eigenvalue weighted by Gasteiger charge is 2.66. The second kappa shape index (κ2) is 8.47. The Labute approximate surface area is 207 Å². The number of benzene rings is 2. The van der Waals surface area contributed by atoms with Crippen LogP contribution < -0.4 is 4.90 Å². The number of alkyl halides is 2. The maximum absolute atomic E-state index is 13.4. The molecule has 0 aromatic heterocycles. The summed E-state index contributed by atoms with van der Waals surface area (Å²) in [6.07, 6.45) is 0.831. The number of hydrogen-bond acceptors (Lipinski definition) is 5. The van der Waals surface area contributed by atoms with Gasteiger partial charge in [-0.05, 0) is 37.3 Å². The number of aryl methyl sites for hydroxylation is 1. The van der Waals surface area contributed by atoms with Gasteiger partial charge in [-0.1, -0.05) is 73.8 Å². The van der Waals surface area contributed by atoms with Crippen LogP contribution in [0.1, 0.15) is 32.7 Å². The molecule has 3 fully saturated rings. The topological polar surface area (TPSA) is 80.8 Å². The lowest BCUT2D eigenvalue weighted by atomic mass is 9.81. The summed E-state index contributed by atoms with van der Waals surface area (Å²) in [6.45, 7) is 1.49. The molecule has 8 heteroatoms. The third-order valence-electron chi connectivity index (χ3n) is 7.06. The third kappa shape index (κ3) is 3.58. The third-order valence-corrected chi connectivity index (χ3v) is 10.3. The minimum absolute atomic E-state index is 0.0806. The van der Waals surface area contributed by atoms with Gasteiger partial charge in [0.15, 0.2) is 12.4 Å². The Morgan fingerprint density at radius 1 is 0.939 bits per heavy atom. The summed E-state index contributed by atoms with van der Waals surface area (Å²) in [4.78, 5) is 53.4. The molecular weight excluding hydrogens is 554 g/mol. The number of ether oxygens (including phenoxy) is 1. The van der Waals surface area contributed by atoms with E-state index in [4.69, 9.17) is 4.74 Å². The number of esters is 1. The summed E-state index contributed by atoms with van der Waals surface area (Å²) < 4.78 is 5.28. The number of para-hydroxylation sites is 1. The summed E-state index contributed by atoms with van der Waals surface area (Å²) in [5, 5.41) is 0. The molecule has 2 bridgehead atoms. The molecule has 2 aromatic carbocycles. The van der Waals surface area contributed by atoms with Gasteiger partial charge in [-0.3, -0.25) is 14.4 Å². The first-order valence-corrected chi connectivity index (χ1v) is 12.6. The van der Waals surface area contributed by atoms with Crippen molar-refractivity contribution in [1.82, 2.24) is 0 Å². The van der Waals surface area contributed by atoms with E-state index >= 15 is 0 Å². The number of fused-ring (bicyclic) bond motifs is 5. The molecule has 2 aromatic rings. The van der Waals surface area contributed by atoms with Gasteiger partial charge >= 0.3 is 5.97 Å². The zero-order chi connectivity index (χ0) is 23.4. The summed E-state index contributed by atoms with van der Waals surface area (Å²) in [5.74, 6) is -2.21. The van der Waals surface area contributed by atoms with E-state index in [-0.39, 0.29) is 62.2 Å². The van der Waals surface area contributed by atoms with Crippen LogP contribution in [0.15, 0.2) is 48.5 Å². The van der Waals surface area contributed by atoms with E-state index in [0.717, 1.165) is 16.9 Å². The van der Waals surface area contributed by atoms with Crippen LogP contribution in [0, 0.1) is 30.6 Å². The lowest BCUT2D eigenvalue weighted by molar-refractivity contribution is -0.123. The van der Waals surface area contributed by atoms with Gasteiger partial charge in [-0.15, -0.1) is 0 Å². The number of hydrogen-bond donors (Lipinski definition) is 0. The van der Waals surface area contributed by atoms with Crippen molar-refractivity contribution < 1.29 is 23.9 Å². The molecule has 2 saturated carbocycles. The highest BCUT2D eigenvalue weighted by Crippen LogP contribution is 2.60. The number of carbonyl (C=O) groups is 4. The molecule has 3 aliphatic rings. The van der Waals surface area contributed by atoms with Gasteiger partial charge in [0.1, 0.15) is 0 Å². The van der Waals surface area contributed by atoms with Crippen molar-refractivity contribution in [3.8, 4) is 0 Å². The first-order valence-electron chi connectivity index (χ1n) is 10.8. The highest BCUT2D eigenvalue weighted by molar-refractivity contribution is 9.12. The molecule has 5 rings (SSSR count). The second-order valence-electron chi connectivity index (χ2n) is 8.90. The largest absolute Gasteiger partial charge is 0.454 e. The van der Waals surface area contributed by atoms with Gasteiger partial charge < -0.3 is 4.74 Å². The SMILES string of the molecule is Cc1ccc(C(=O)COC(=O)c2ccccc2N2C(=O)[C@H]3[C@@H]4C[C@H]([C@@H](Br)[C@H]4Br)[C@@H]3C2=O)cc1. The van der Waals surface area contributed by atoms with Crippen LogP contribution in [0.2, 0.25) is 0 Å². The van der Waals surface area contributed by atoms with Crippen LogP contribution in [0.4, 0.5) is 5.69 Å². The maximum atomic E-state index is 13.4. The molecule has 2 amide bonds. The zero-order valence-corrected chi connectivity index (χ0v) is 20.9. The molecule has 1 aliphatic heterocycles.